The van der Waals surface area contributed by atoms with Crippen LogP contribution in [0.25, 0.3) is 10.9 Å². The minimum absolute atomic E-state index is 0.762. The number of pyridine rings is 1. The summed E-state index contributed by atoms with van der Waals surface area (Å²) in [6.45, 7) is 1.03. The van der Waals surface area contributed by atoms with Crippen molar-refractivity contribution >= 4 is 28.2 Å². The van der Waals surface area contributed by atoms with E-state index < -0.39 is 0 Å². The molecule has 4 heteroatoms. The number of nitrogens with one attached hydrogen (secondary N) is 1. The molecule has 0 spiro atoms. The van der Waals surface area contributed by atoms with E-state index in [2.05, 4.69) is 29.6 Å². The van der Waals surface area contributed by atoms with Crippen molar-refractivity contribution in [3.8, 4) is 5.75 Å². The Morgan fingerprint density at radius 1 is 0.938 bits per heavy atom. The third kappa shape index (κ3) is 5.95. The monoisotopic (exact) mass is 450 g/mol. The molecule has 1 heterocycles. The van der Waals surface area contributed by atoms with E-state index in [0.717, 1.165) is 42.1 Å². The Morgan fingerprint density at radius 3 is 2.62 bits per heavy atom. The van der Waals surface area contributed by atoms with Crippen molar-refractivity contribution in [2.45, 2.75) is 70.6 Å². The standard InChI is InChI=1S/C28H35ClN2O/c1-32-23-13-10-12-21(19-23)11-6-4-2-3-5-9-18-30-28-24-14-7-8-15-26(24)31-27-20-22(29)16-17-25(27)28/h10,12-13,16-17,19-20H,2-9,11,14-15,18H2,1H3,(H,30,31). The maximum Gasteiger partial charge on any atom is 0.119 e. The molecule has 0 fully saturated rings. The van der Waals surface area contributed by atoms with Gasteiger partial charge in [0.25, 0.3) is 0 Å². The van der Waals surface area contributed by atoms with Crippen LogP contribution in [0.15, 0.2) is 42.5 Å². The zero-order valence-corrected chi connectivity index (χ0v) is 20.0. The first-order chi connectivity index (χ1) is 15.7. The maximum absolute atomic E-state index is 6.23. The molecule has 3 aromatic rings. The van der Waals surface area contributed by atoms with Crippen LogP contribution in [0.4, 0.5) is 5.69 Å². The number of halogens is 1. The molecule has 3 nitrogen and oxygen atoms in total. The van der Waals surface area contributed by atoms with Crippen molar-refractivity contribution in [1.82, 2.24) is 4.98 Å². The Labute approximate surface area is 197 Å². The molecule has 0 saturated heterocycles. The van der Waals surface area contributed by atoms with Gasteiger partial charge >= 0.3 is 0 Å². The van der Waals surface area contributed by atoms with Crippen molar-refractivity contribution in [3.05, 3.63) is 64.3 Å². The number of aromatic nitrogens is 1. The number of hydrogen-bond acceptors (Lipinski definition) is 3. The first-order valence-corrected chi connectivity index (χ1v) is 12.6. The topological polar surface area (TPSA) is 34.1 Å². The average molecular weight is 451 g/mol. The lowest BCUT2D eigenvalue weighted by molar-refractivity contribution is 0.414. The van der Waals surface area contributed by atoms with E-state index in [1.54, 1.807) is 7.11 Å². The second-order valence-corrected chi connectivity index (χ2v) is 9.37. The van der Waals surface area contributed by atoms with E-state index in [9.17, 15) is 0 Å². The smallest absolute Gasteiger partial charge is 0.119 e. The Bertz CT molecular complexity index is 1030. The Kier molecular flexibility index (Phi) is 8.28. The molecule has 0 amide bonds. The molecule has 0 bridgehead atoms. The van der Waals surface area contributed by atoms with Gasteiger partial charge in [-0.3, -0.25) is 4.98 Å². The van der Waals surface area contributed by atoms with Crippen molar-refractivity contribution in [1.29, 1.82) is 0 Å². The number of nitrogens with zero attached hydrogens (tertiary/aromatic N) is 1. The fourth-order valence-electron chi connectivity index (χ4n) is 4.80. The number of rotatable bonds is 11. The third-order valence-corrected chi connectivity index (χ3v) is 6.79. The van der Waals surface area contributed by atoms with E-state index in [0.29, 0.717) is 0 Å². The van der Waals surface area contributed by atoms with Crippen LogP contribution < -0.4 is 10.1 Å². The molecular formula is C28H35ClN2O. The molecule has 170 valence electrons. The van der Waals surface area contributed by atoms with Crippen molar-refractivity contribution in [2.75, 3.05) is 19.0 Å². The molecule has 0 atom stereocenters. The van der Waals surface area contributed by atoms with Gasteiger partial charge in [0.2, 0.25) is 0 Å². The summed E-state index contributed by atoms with van der Waals surface area (Å²) in [5.74, 6) is 0.960. The highest BCUT2D eigenvalue weighted by atomic mass is 35.5. The van der Waals surface area contributed by atoms with Crippen molar-refractivity contribution in [2.24, 2.45) is 0 Å². The Morgan fingerprint density at radius 2 is 1.75 bits per heavy atom. The molecule has 1 aliphatic carbocycles. The van der Waals surface area contributed by atoms with Gasteiger partial charge < -0.3 is 10.1 Å². The van der Waals surface area contributed by atoms with Crippen LogP contribution in [-0.4, -0.2) is 18.6 Å². The molecular weight excluding hydrogens is 416 g/mol. The van der Waals surface area contributed by atoms with Gasteiger partial charge in [0, 0.05) is 28.3 Å². The summed E-state index contributed by atoms with van der Waals surface area (Å²) < 4.78 is 5.31. The van der Waals surface area contributed by atoms with Gasteiger partial charge in [0.15, 0.2) is 0 Å². The second kappa shape index (κ2) is 11.6. The summed E-state index contributed by atoms with van der Waals surface area (Å²) in [6, 6.07) is 14.6. The van der Waals surface area contributed by atoms with Gasteiger partial charge in [-0.15, -0.1) is 0 Å². The number of aryl methyl sites for hydroxylation is 2. The van der Waals surface area contributed by atoms with E-state index in [4.69, 9.17) is 21.3 Å². The van der Waals surface area contributed by atoms with Crippen molar-refractivity contribution < 1.29 is 4.74 Å². The van der Waals surface area contributed by atoms with Crippen LogP contribution >= 0.6 is 11.6 Å². The highest BCUT2D eigenvalue weighted by molar-refractivity contribution is 6.31. The summed E-state index contributed by atoms with van der Waals surface area (Å²) >= 11 is 6.23. The molecule has 1 N–H and O–H groups in total. The van der Waals surface area contributed by atoms with Crippen LogP contribution in [0.5, 0.6) is 5.75 Å². The van der Waals surface area contributed by atoms with Gasteiger partial charge in [0.1, 0.15) is 5.75 Å². The molecule has 0 unspecified atom stereocenters. The van der Waals surface area contributed by atoms with Gasteiger partial charge in [-0.25, -0.2) is 0 Å². The molecule has 0 aliphatic heterocycles. The van der Waals surface area contributed by atoms with Gasteiger partial charge in [-0.05, 0) is 86.4 Å². The predicted molar refractivity (Wildman–Crippen MR) is 136 cm³/mol. The third-order valence-electron chi connectivity index (χ3n) is 6.55. The van der Waals surface area contributed by atoms with Crippen LogP contribution in [0, 0.1) is 0 Å². The molecule has 1 aliphatic rings. The number of fused-ring (bicyclic) bond motifs is 2. The Hall–Kier alpha value is -2.26. The number of ether oxygens (including phenoxy) is 1. The summed E-state index contributed by atoms with van der Waals surface area (Å²) in [5.41, 5.74) is 6.41. The largest absolute Gasteiger partial charge is 0.497 e. The predicted octanol–water partition coefficient (Wildman–Crippen LogP) is 7.77. The van der Waals surface area contributed by atoms with Crippen LogP contribution in [-0.2, 0) is 19.3 Å². The summed E-state index contributed by atoms with van der Waals surface area (Å²) in [4.78, 5) is 4.92. The molecule has 0 radical (unpaired) electrons. The fraction of sp³-hybridized carbons (Fsp3) is 0.464. The van der Waals surface area contributed by atoms with E-state index in [1.165, 1.54) is 79.3 Å². The zero-order chi connectivity index (χ0) is 22.2. The molecule has 32 heavy (non-hydrogen) atoms. The Balaban J connectivity index is 1.20. The number of unbranched alkanes of at least 4 members (excludes halogenated alkanes) is 5. The first kappa shape index (κ1) is 22.9. The lowest BCUT2D eigenvalue weighted by Crippen LogP contribution is -2.12. The van der Waals surface area contributed by atoms with Crippen LogP contribution in [0.2, 0.25) is 5.02 Å². The first-order valence-electron chi connectivity index (χ1n) is 12.2. The minimum Gasteiger partial charge on any atom is -0.497 e. The number of anilines is 1. The van der Waals surface area contributed by atoms with E-state index >= 15 is 0 Å². The molecule has 2 aromatic carbocycles. The van der Waals surface area contributed by atoms with Crippen LogP contribution in [0.1, 0.15) is 68.2 Å². The lowest BCUT2D eigenvalue weighted by Gasteiger charge is -2.22. The minimum atomic E-state index is 0.762. The molecule has 1 aromatic heterocycles. The van der Waals surface area contributed by atoms with Gasteiger partial charge in [0.05, 0.1) is 12.6 Å². The quantitative estimate of drug-likeness (QED) is 0.303. The normalized spacial score (nSPS) is 13.2. The average Bonchev–Trinajstić information content (AvgIpc) is 2.82. The number of methoxy groups -OCH3 is 1. The fourth-order valence-corrected chi connectivity index (χ4v) is 4.97. The summed E-state index contributed by atoms with van der Waals surface area (Å²) in [6.07, 6.45) is 13.5. The van der Waals surface area contributed by atoms with E-state index in [1.807, 2.05) is 18.2 Å². The summed E-state index contributed by atoms with van der Waals surface area (Å²) in [7, 11) is 1.73. The maximum atomic E-state index is 6.23. The molecule has 4 rings (SSSR count). The summed E-state index contributed by atoms with van der Waals surface area (Å²) in [5, 5.41) is 5.75. The van der Waals surface area contributed by atoms with E-state index in [-0.39, 0.29) is 0 Å². The van der Waals surface area contributed by atoms with Gasteiger partial charge in [-0.2, -0.15) is 0 Å². The number of benzene rings is 2. The lowest BCUT2D eigenvalue weighted by atomic mass is 9.92. The highest BCUT2D eigenvalue weighted by Gasteiger charge is 2.18. The van der Waals surface area contributed by atoms with Crippen LogP contribution in [0.3, 0.4) is 0 Å². The van der Waals surface area contributed by atoms with Gasteiger partial charge in [-0.1, -0.05) is 49.4 Å². The van der Waals surface area contributed by atoms with Crippen molar-refractivity contribution in [3.63, 3.8) is 0 Å². The molecule has 0 saturated carbocycles. The zero-order valence-electron chi connectivity index (χ0n) is 19.3. The number of hydrogen-bond donors (Lipinski definition) is 1. The second-order valence-electron chi connectivity index (χ2n) is 8.93. The highest BCUT2D eigenvalue weighted by Crippen LogP contribution is 2.34. The SMILES string of the molecule is COc1cccc(CCCCCCCCNc2c3c(nc4cc(Cl)ccc24)CCCC3)c1.